The van der Waals surface area contributed by atoms with Gasteiger partial charge in [0.2, 0.25) is 0 Å². The molecule has 0 radical (unpaired) electrons. The molecule has 1 aromatic carbocycles. The van der Waals surface area contributed by atoms with Crippen LogP contribution < -0.4 is 5.32 Å². The molecule has 2 nitrogen and oxygen atoms in total. The summed E-state index contributed by atoms with van der Waals surface area (Å²) in [6.07, 6.45) is 5.38. The first-order chi connectivity index (χ1) is 8.92. The zero-order valence-corrected chi connectivity index (χ0v) is 10.5. The zero-order valence-electron chi connectivity index (χ0n) is 10.5. The molecule has 1 atom stereocenters. The minimum Gasteiger partial charge on any atom is -0.310 e. The second-order valence-electron chi connectivity index (χ2n) is 4.89. The summed E-state index contributed by atoms with van der Waals surface area (Å²) in [7, 11) is 0. The van der Waals surface area contributed by atoms with Crippen molar-refractivity contribution < 1.29 is 0 Å². The number of aromatic nitrogens is 1. The van der Waals surface area contributed by atoms with E-state index < -0.39 is 0 Å². The number of hydrogen-bond acceptors (Lipinski definition) is 2. The molecule has 0 spiro atoms. The van der Waals surface area contributed by atoms with Gasteiger partial charge in [0.15, 0.2) is 0 Å². The summed E-state index contributed by atoms with van der Waals surface area (Å²) in [5, 5.41) is 3.54. The van der Waals surface area contributed by atoms with Gasteiger partial charge >= 0.3 is 0 Å². The molecule has 1 saturated heterocycles. The van der Waals surface area contributed by atoms with Crippen molar-refractivity contribution in [1.82, 2.24) is 10.3 Å². The van der Waals surface area contributed by atoms with E-state index in [4.69, 9.17) is 0 Å². The fourth-order valence-electron chi connectivity index (χ4n) is 2.58. The van der Waals surface area contributed by atoms with Gasteiger partial charge in [0.1, 0.15) is 0 Å². The maximum atomic E-state index is 4.48. The molecule has 0 saturated carbocycles. The molecule has 2 heteroatoms. The molecule has 18 heavy (non-hydrogen) atoms. The van der Waals surface area contributed by atoms with Crippen molar-refractivity contribution in [3.8, 4) is 0 Å². The van der Waals surface area contributed by atoms with E-state index in [1.807, 2.05) is 6.20 Å². The predicted molar refractivity (Wildman–Crippen MR) is 73.5 cm³/mol. The van der Waals surface area contributed by atoms with Crippen LogP contribution in [0.5, 0.6) is 0 Å². The van der Waals surface area contributed by atoms with Gasteiger partial charge in [-0.3, -0.25) is 4.98 Å². The Hall–Kier alpha value is -1.67. The van der Waals surface area contributed by atoms with Gasteiger partial charge in [0, 0.05) is 24.4 Å². The third-order valence-electron chi connectivity index (χ3n) is 3.53. The summed E-state index contributed by atoms with van der Waals surface area (Å²) in [6, 6.07) is 15.4. The normalized spacial score (nSPS) is 19.0. The monoisotopic (exact) mass is 238 g/mol. The van der Waals surface area contributed by atoms with Crippen LogP contribution in [0.2, 0.25) is 0 Å². The minimum atomic E-state index is 0.530. The molecule has 1 aromatic heterocycles. The Bertz CT molecular complexity index is 502. The van der Waals surface area contributed by atoms with Gasteiger partial charge in [-0.25, -0.2) is 0 Å². The highest BCUT2D eigenvalue weighted by atomic mass is 14.9. The Balaban J connectivity index is 1.78. The Kier molecular flexibility index (Phi) is 3.37. The number of pyridine rings is 1. The molecule has 92 valence electrons. The quantitative estimate of drug-likeness (QED) is 0.888. The number of hydrogen-bond donors (Lipinski definition) is 1. The topological polar surface area (TPSA) is 24.9 Å². The standard InChI is InChI=1S/C16H18N2/c1-2-5-13(6-3-1)11-15-12-14(8-10-17-15)16-7-4-9-18-16/h1-3,5-6,8,10,12,16,18H,4,7,9,11H2. The molecule has 3 rings (SSSR count). The summed E-state index contributed by atoms with van der Waals surface area (Å²) < 4.78 is 0. The van der Waals surface area contributed by atoms with Crippen LogP contribution in [-0.2, 0) is 6.42 Å². The SMILES string of the molecule is c1ccc(Cc2cc(C3CCCN3)ccn2)cc1. The lowest BCUT2D eigenvalue weighted by Gasteiger charge is -2.11. The third kappa shape index (κ3) is 2.59. The number of nitrogens with zero attached hydrogens (tertiary/aromatic N) is 1. The van der Waals surface area contributed by atoms with E-state index in [0.717, 1.165) is 18.7 Å². The van der Waals surface area contributed by atoms with E-state index in [1.54, 1.807) is 0 Å². The van der Waals surface area contributed by atoms with Crippen molar-refractivity contribution in [2.75, 3.05) is 6.54 Å². The zero-order chi connectivity index (χ0) is 12.2. The highest BCUT2D eigenvalue weighted by molar-refractivity contribution is 5.26. The van der Waals surface area contributed by atoms with Gasteiger partial charge in [0.05, 0.1) is 0 Å². The van der Waals surface area contributed by atoms with Crippen LogP contribution in [0.3, 0.4) is 0 Å². The molecule has 2 aromatic rings. The molecule has 0 aliphatic carbocycles. The molecular weight excluding hydrogens is 220 g/mol. The molecule has 1 aliphatic heterocycles. The lowest BCUT2D eigenvalue weighted by Crippen LogP contribution is -2.13. The first-order valence-electron chi connectivity index (χ1n) is 6.64. The molecule has 0 amide bonds. The summed E-state index contributed by atoms with van der Waals surface area (Å²) in [6.45, 7) is 1.14. The third-order valence-corrected chi connectivity index (χ3v) is 3.53. The molecule has 1 N–H and O–H groups in total. The van der Waals surface area contributed by atoms with Crippen LogP contribution >= 0.6 is 0 Å². The highest BCUT2D eigenvalue weighted by Crippen LogP contribution is 2.23. The largest absolute Gasteiger partial charge is 0.310 e. The molecule has 1 fully saturated rings. The van der Waals surface area contributed by atoms with Crippen molar-refractivity contribution >= 4 is 0 Å². The van der Waals surface area contributed by atoms with Crippen LogP contribution in [0.25, 0.3) is 0 Å². The average molecular weight is 238 g/mol. The van der Waals surface area contributed by atoms with Crippen molar-refractivity contribution in [2.45, 2.75) is 25.3 Å². The van der Waals surface area contributed by atoms with Gasteiger partial charge in [-0.1, -0.05) is 30.3 Å². The molecule has 2 heterocycles. The van der Waals surface area contributed by atoms with Gasteiger partial charge in [-0.15, -0.1) is 0 Å². The van der Waals surface area contributed by atoms with Crippen molar-refractivity contribution in [3.05, 3.63) is 65.5 Å². The van der Waals surface area contributed by atoms with Gasteiger partial charge in [0.25, 0.3) is 0 Å². The smallest absolute Gasteiger partial charge is 0.0450 e. The number of benzene rings is 1. The first-order valence-corrected chi connectivity index (χ1v) is 6.64. The number of nitrogens with one attached hydrogen (secondary N) is 1. The first kappa shape index (κ1) is 11.4. The van der Waals surface area contributed by atoms with Crippen molar-refractivity contribution in [1.29, 1.82) is 0 Å². The second kappa shape index (κ2) is 5.32. The minimum absolute atomic E-state index is 0.530. The molecular formula is C16H18N2. The second-order valence-corrected chi connectivity index (χ2v) is 4.89. The summed E-state index contributed by atoms with van der Waals surface area (Å²) >= 11 is 0. The average Bonchev–Trinajstić information content (AvgIpc) is 2.94. The maximum Gasteiger partial charge on any atom is 0.0450 e. The Morgan fingerprint density at radius 3 is 2.83 bits per heavy atom. The molecule has 1 aliphatic rings. The summed E-state index contributed by atoms with van der Waals surface area (Å²) in [5.74, 6) is 0. The molecule has 1 unspecified atom stereocenters. The predicted octanol–water partition coefficient (Wildman–Crippen LogP) is 3.10. The molecule has 0 bridgehead atoms. The van der Waals surface area contributed by atoms with Crippen LogP contribution in [0.1, 0.15) is 35.7 Å². The fourth-order valence-corrected chi connectivity index (χ4v) is 2.58. The van der Waals surface area contributed by atoms with E-state index in [2.05, 4.69) is 52.8 Å². The summed E-state index contributed by atoms with van der Waals surface area (Å²) in [4.78, 5) is 4.48. The van der Waals surface area contributed by atoms with Gasteiger partial charge in [-0.2, -0.15) is 0 Å². The van der Waals surface area contributed by atoms with Crippen LogP contribution in [0, 0.1) is 0 Å². The van der Waals surface area contributed by atoms with Crippen molar-refractivity contribution in [2.24, 2.45) is 0 Å². The van der Waals surface area contributed by atoms with Crippen LogP contribution in [0.4, 0.5) is 0 Å². The Labute approximate surface area is 108 Å². The maximum absolute atomic E-state index is 4.48. The Morgan fingerprint density at radius 2 is 2.06 bits per heavy atom. The lowest BCUT2D eigenvalue weighted by atomic mass is 10.0. The van der Waals surface area contributed by atoms with E-state index in [1.165, 1.54) is 24.0 Å². The van der Waals surface area contributed by atoms with Gasteiger partial charge in [-0.05, 0) is 42.6 Å². The lowest BCUT2D eigenvalue weighted by molar-refractivity contribution is 0.645. The van der Waals surface area contributed by atoms with Gasteiger partial charge < -0.3 is 5.32 Å². The van der Waals surface area contributed by atoms with E-state index >= 15 is 0 Å². The highest BCUT2D eigenvalue weighted by Gasteiger charge is 2.16. The Morgan fingerprint density at radius 1 is 1.17 bits per heavy atom. The van der Waals surface area contributed by atoms with Crippen molar-refractivity contribution in [3.63, 3.8) is 0 Å². The van der Waals surface area contributed by atoms with Crippen LogP contribution in [-0.4, -0.2) is 11.5 Å². The summed E-state index contributed by atoms with van der Waals surface area (Å²) in [5.41, 5.74) is 3.86. The fraction of sp³-hybridized carbons (Fsp3) is 0.312. The van der Waals surface area contributed by atoms with E-state index in [-0.39, 0.29) is 0 Å². The van der Waals surface area contributed by atoms with E-state index in [9.17, 15) is 0 Å². The van der Waals surface area contributed by atoms with E-state index in [0.29, 0.717) is 6.04 Å². The van der Waals surface area contributed by atoms with Crippen LogP contribution in [0.15, 0.2) is 48.7 Å². The number of rotatable bonds is 3.